The molecule has 1 fully saturated rings. The van der Waals surface area contributed by atoms with E-state index in [0.717, 1.165) is 16.8 Å². The minimum atomic E-state index is -0.586. The summed E-state index contributed by atoms with van der Waals surface area (Å²) in [5.41, 5.74) is 2.20. The van der Waals surface area contributed by atoms with Crippen molar-refractivity contribution in [1.82, 2.24) is 0 Å². The summed E-state index contributed by atoms with van der Waals surface area (Å²) < 4.78 is 10.9. The smallest absolute Gasteiger partial charge is 0.331 e. The first-order valence-electron chi connectivity index (χ1n) is 8.95. The Labute approximate surface area is 154 Å². The minimum absolute atomic E-state index is 0.0871. The molecule has 0 radical (unpaired) electrons. The third-order valence-electron chi connectivity index (χ3n) is 3.95. The Balaban J connectivity index is 1.98. The van der Waals surface area contributed by atoms with Gasteiger partial charge in [-0.2, -0.15) is 0 Å². The normalized spacial score (nSPS) is 17.3. The minimum Gasteiger partial charge on any atom is -0.458 e. The van der Waals surface area contributed by atoms with Crippen LogP contribution in [0.15, 0.2) is 65.7 Å². The van der Waals surface area contributed by atoms with E-state index >= 15 is 0 Å². The first-order valence-corrected chi connectivity index (χ1v) is 8.95. The van der Waals surface area contributed by atoms with Crippen LogP contribution in [0.5, 0.6) is 0 Å². The molecule has 4 heteroatoms. The number of carbonyl (C=O) groups is 1. The van der Waals surface area contributed by atoms with Gasteiger partial charge >= 0.3 is 5.97 Å². The molecule has 2 atom stereocenters. The lowest BCUT2D eigenvalue weighted by Gasteiger charge is -2.23. The lowest BCUT2D eigenvalue weighted by Crippen LogP contribution is -2.32. The SMILES string of the molecule is CC(C)(C)OC(=O)[C@@H](C[C@@H]1CO1)N=C(c1ccccc1)c1ccccc1. The Hall–Kier alpha value is -2.46. The molecule has 3 rings (SSSR count). The number of esters is 1. The number of nitrogens with zero attached hydrogens (tertiary/aromatic N) is 1. The first kappa shape index (κ1) is 18.3. The Morgan fingerprint density at radius 1 is 1.08 bits per heavy atom. The molecular weight excluding hydrogens is 326 g/mol. The molecule has 1 aliphatic rings. The Morgan fingerprint density at radius 3 is 2.00 bits per heavy atom. The average molecular weight is 351 g/mol. The maximum Gasteiger partial charge on any atom is 0.331 e. The van der Waals surface area contributed by atoms with Crippen LogP contribution in [0, 0.1) is 0 Å². The standard InChI is InChI=1S/C22H25NO3/c1-22(2,3)26-21(24)19(14-18-15-25-18)23-20(16-10-6-4-7-11-16)17-12-8-5-9-13-17/h4-13,18-19H,14-15H2,1-3H3/t18-,19-/m1/s1. The van der Waals surface area contributed by atoms with Gasteiger partial charge in [0.25, 0.3) is 0 Å². The van der Waals surface area contributed by atoms with Gasteiger partial charge in [-0.15, -0.1) is 0 Å². The number of rotatable bonds is 6. The lowest BCUT2D eigenvalue weighted by atomic mass is 10.0. The molecular formula is C22H25NO3. The van der Waals surface area contributed by atoms with Crippen LogP contribution in [0.2, 0.25) is 0 Å². The highest BCUT2D eigenvalue weighted by molar-refractivity contribution is 6.13. The van der Waals surface area contributed by atoms with Gasteiger partial charge in [-0.3, -0.25) is 4.99 Å². The monoisotopic (exact) mass is 351 g/mol. The summed E-state index contributed by atoms with van der Waals surface area (Å²) >= 11 is 0. The van der Waals surface area contributed by atoms with Crippen molar-refractivity contribution in [2.75, 3.05) is 6.61 Å². The van der Waals surface area contributed by atoms with Crippen LogP contribution in [0.25, 0.3) is 0 Å². The van der Waals surface area contributed by atoms with Crippen LogP contribution in [0.1, 0.15) is 38.3 Å². The second kappa shape index (κ2) is 7.83. The van der Waals surface area contributed by atoms with E-state index in [9.17, 15) is 4.79 Å². The zero-order chi connectivity index (χ0) is 18.6. The van der Waals surface area contributed by atoms with Crippen molar-refractivity contribution in [3.63, 3.8) is 0 Å². The fourth-order valence-electron chi connectivity index (χ4n) is 2.69. The molecule has 0 bridgehead atoms. The molecule has 0 spiro atoms. The first-order chi connectivity index (χ1) is 12.4. The van der Waals surface area contributed by atoms with Crippen LogP contribution in [0.4, 0.5) is 0 Å². The Kier molecular flexibility index (Phi) is 5.52. The molecule has 1 heterocycles. The summed E-state index contributed by atoms with van der Waals surface area (Å²) in [5.74, 6) is -0.308. The van der Waals surface area contributed by atoms with E-state index in [-0.39, 0.29) is 12.1 Å². The fraction of sp³-hybridized carbons (Fsp3) is 0.364. The van der Waals surface area contributed by atoms with Gasteiger partial charge in [-0.25, -0.2) is 4.79 Å². The summed E-state index contributed by atoms with van der Waals surface area (Å²) in [6, 6.07) is 19.3. The second-order valence-electron chi connectivity index (χ2n) is 7.45. The molecule has 0 N–H and O–H groups in total. The number of carbonyl (C=O) groups excluding carboxylic acids is 1. The van der Waals surface area contributed by atoms with E-state index in [1.807, 2.05) is 81.4 Å². The van der Waals surface area contributed by atoms with Crippen molar-refractivity contribution in [3.8, 4) is 0 Å². The van der Waals surface area contributed by atoms with Gasteiger partial charge in [0.15, 0.2) is 6.04 Å². The predicted molar refractivity (Wildman–Crippen MR) is 103 cm³/mol. The van der Waals surface area contributed by atoms with Crippen molar-refractivity contribution in [1.29, 1.82) is 0 Å². The lowest BCUT2D eigenvalue weighted by molar-refractivity contribution is -0.156. The van der Waals surface area contributed by atoms with Crippen molar-refractivity contribution in [3.05, 3.63) is 71.8 Å². The Morgan fingerprint density at radius 2 is 1.58 bits per heavy atom. The van der Waals surface area contributed by atoms with Crippen molar-refractivity contribution < 1.29 is 14.3 Å². The van der Waals surface area contributed by atoms with Gasteiger partial charge in [0, 0.05) is 17.5 Å². The van der Waals surface area contributed by atoms with Gasteiger partial charge in [0.1, 0.15) is 5.60 Å². The van der Waals surface area contributed by atoms with Crippen molar-refractivity contribution in [2.45, 2.75) is 44.9 Å². The summed E-state index contributed by atoms with van der Waals surface area (Å²) in [6.45, 7) is 6.29. The molecule has 1 saturated heterocycles. The van der Waals surface area contributed by atoms with E-state index in [2.05, 4.69) is 0 Å². The van der Waals surface area contributed by atoms with Gasteiger partial charge in [0.05, 0.1) is 18.4 Å². The zero-order valence-electron chi connectivity index (χ0n) is 15.5. The summed E-state index contributed by atoms with van der Waals surface area (Å²) in [7, 11) is 0. The molecule has 1 aliphatic heterocycles. The molecule has 0 unspecified atom stereocenters. The average Bonchev–Trinajstić information content (AvgIpc) is 3.42. The molecule has 0 aromatic heterocycles. The van der Waals surface area contributed by atoms with Crippen LogP contribution in [-0.4, -0.2) is 36.0 Å². The summed E-state index contributed by atoms with van der Waals surface area (Å²) in [4.78, 5) is 17.6. The van der Waals surface area contributed by atoms with E-state index in [1.54, 1.807) is 0 Å². The van der Waals surface area contributed by atoms with E-state index in [0.29, 0.717) is 13.0 Å². The quantitative estimate of drug-likeness (QED) is 0.449. The fourth-order valence-corrected chi connectivity index (χ4v) is 2.69. The molecule has 136 valence electrons. The van der Waals surface area contributed by atoms with E-state index in [1.165, 1.54) is 0 Å². The molecule has 2 aromatic carbocycles. The zero-order valence-corrected chi connectivity index (χ0v) is 15.5. The molecule has 2 aromatic rings. The van der Waals surface area contributed by atoms with E-state index < -0.39 is 11.6 Å². The van der Waals surface area contributed by atoms with Crippen LogP contribution >= 0.6 is 0 Å². The highest BCUT2D eigenvalue weighted by Crippen LogP contribution is 2.22. The molecule has 0 aliphatic carbocycles. The van der Waals surface area contributed by atoms with Crippen LogP contribution < -0.4 is 0 Å². The summed E-state index contributed by atoms with van der Waals surface area (Å²) in [5, 5.41) is 0. The number of benzene rings is 2. The Bertz CT molecular complexity index is 717. The predicted octanol–water partition coefficient (Wildman–Crippen LogP) is 4.02. The topological polar surface area (TPSA) is 51.2 Å². The number of ether oxygens (including phenoxy) is 2. The van der Waals surface area contributed by atoms with Gasteiger partial charge in [-0.1, -0.05) is 60.7 Å². The highest BCUT2D eigenvalue weighted by atomic mass is 16.6. The van der Waals surface area contributed by atoms with Gasteiger partial charge in [-0.05, 0) is 20.8 Å². The third-order valence-corrected chi connectivity index (χ3v) is 3.95. The maximum atomic E-state index is 12.7. The summed E-state index contributed by atoms with van der Waals surface area (Å²) in [6.07, 6.45) is 0.627. The third kappa shape index (κ3) is 5.27. The van der Waals surface area contributed by atoms with Crippen molar-refractivity contribution in [2.24, 2.45) is 4.99 Å². The number of aliphatic imine (C=N–C) groups is 1. The van der Waals surface area contributed by atoms with Gasteiger partial charge in [0.2, 0.25) is 0 Å². The number of epoxide rings is 1. The van der Waals surface area contributed by atoms with Crippen LogP contribution in [-0.2, 0) is 14.3 Å². The maximum absolute atomic E-state index is 12.7. The van der Waals surface area contributed by atoms with Crippen LogP contribution in [0.3, 0.4) is 0 Å². The molecule has 26 heavy (non-hydrogen) atoms. The number of hydrogen-bond acceptors (Lipinski definition) is 4. The highest BCUT2D eigenvalue weighted by Gasteiger charge is 2.33. The van der Waals surface area contributed by atoms with E-state index in [4.69, 9.17) is 14.5 Å². The molecule has 0 saturated carbocycles. The molecule has 4 nitrogen and oxygen atoms in total. The molecule has 0 amide bonds. The number of hydrogen-bond donors (Lipinski definition) is 0. The van der Waals surface area contributed by atoms with Crippen molar-refractivity contribution >= 4 is 11.7 Å². The second-order valence-corrected chi connectivity index (χ2v) is 7.45. The van der Waals surface area contributed by atoms with Gasteiger partial charge < -0.3 is 9.47 Å². The largest absolute Gasteiger partial charge is 0.458 e.